The fourth-order valence-electron chi connectivity index (χ4n) is 1.73. The Morgan fingerprint density at radius 3 is 2.45 bits per heavy atom. The van der Waals surface area contributed by atoms with Crippen LogP contribution in [0.2, 0.25) is 10.0 Å². The summed E-state index contributed by atoms with van der Waals surface area (Å²) in [7, 11) is 0. The number of benzene rings is 1. The zero-order valence-electron chi connectivity index (χ0n) is 11.0. The Labute approximate surface area is 128 Å². The second-order valence-corrected chi connectivity index (χ2v) is 5.28. The van der Waals surface area contributed by atoms with Crippen molar-refractivity contribution in [2.75, 3.05) is 6.54 Å². The number of halogens is 2. The predicted molar refractivity (Wildman–Crippen MR) is 79.5 cm³/mol. The highest BCUT2D eigenvalue weighted by Gasteiger charge is 2.09. The van der Waals surface area contributed by atoms with Gasteiger partial charge in [-0.2, -0.15) is 0 Å². The Kier molecular flexibility index (Phi) is 7.41. The summed E-state index contributed by atoms with van der Waals surface area (Å²) < 4.78 is 0. The summed E-state index contributed by atoms with van der Waals surface area (Å²) in [5.74, 6) is -0.993. The first-order chi connectivity index (χ1) is 9.50. The number of carbonyl (C=O) groups is 2. The highest BCUT2D eigenvalue weighted by atomic mass is 35.5. The molecule has 0 aliphatic rings. The van der Waals surface area contributed by atoms with Crippen molar-refractivity contribution in [3.8, 4) is 0 Å². The summed E-state index contributed by atoms with van der Waals surface area (Å²) in [4.78, 5) is 22.1. The number of nitrogens with one attached hydrogen (secondary N) is 1. The predicted octanol–water partition coefficient (Wildman–Crippen LogP) is 3.76. The lowest BCUT2D eigenvalue weighted by Gasteiger charge is -2.07. The van der Waals surface area contributed by atoms with E-state index in [1.807, 2.05) is 0 Å². The van der Waals surface area contributed by atoms with Crippen LogP contribution in [-0.4, -0.2) is 23.5 Å². The van der Waals surface area contributed by atoms with E-state index in [2.05, 4.69) is 5.32 Å². The Morgan fingerprint density at radius 2 is 1.80 bits per heavy atom. The van der Waals surface area contributed by atoms with Gasteiger partial charge in [-0.15, -0.1) is 0 Å². The van der Waals surface area contributed by atoms with E-state index in [4.69, 9.17) is 28.3 Å². The molecule has 0 saturated heterocycles. The smallest absolute Gasteiger partial charge is 0.303 e. The topological polar surface area (TPSA) is 66.4 Å². The molecule has 4 nitrogen and oxygen atoms in total. The van der Waals surface area contributed by atoms with Crippen LogP contribution in [0.25, 0.3) is 0 Å². The first-order valence-corrected chi connectivity index (χ1v) is 7.21. The molecule has 0 aromatic heterocycles. The molecule has 0 atom stereocenters. The summed E-state index contributed by atoms with van der Waals surface area (Å²) >= 11 is 11.7. The second-order valence-electron chi connectivity index (χ2n) is 4.44. The lowest BCUT2D eigenvalue weighted by Crippen LogP contribution is -2.24. The quantitative estimate of drug-likeness (QED) is 0.717. The second kappa shape index (κ2) is 8.82. The van der Waals surface area contributed by atoms with Crippen LogP contribution in [0.15, 0.2) is 18.2 Å². The van der Waals surface area contributed by atoms with E-state index in [0.29, 0.717) is 28.6 Å². The van der Waals surface area contributed by atoms with Crippen LogP contribution in [0, 0.1) is 0 Å². The molecular weight excluding hydrogens is 301 g/mol. The number of hydrogen-bond acceptors (Lipinski definition) is 2. The van der Waals surface area contributed by atoms with Gasteiger partial charge in [-0.1, -0.05) is 36.0 Å². The van der Waals surface area contributed by atoms with Crippen molar-refractivity contribution < 1.29 is 14.7 Å². The van der Waals surface area contributed by atoms with E-state index >= 15 is 0 Å². The van der Waals surface area contributed by atoms with Crippen molar-refractivity contribution in [2.45, 2.75) is 32.1 Å². The van der Waals surface area contributed by atoms with Gasteiger partial charge in [0.2, 0.25) is 0 Å². The molecule has 0 unspecified atom stereocenters. The zero-order valence-corrected chi connectivity index (χ0v) is 12.5. The molecule has 0 bridgehead atoms. The van der Waals surface area contributed by atoms with E-state index in [1.54, 1.807) is 12.1 Å². The number of carbonyl (C=O) groups excluding carboxylic acids is 1. The first-order valence-electron chi connectivity index (χ1n) is 6.45. The van der Waals surface area contributed by atoms with Crippen LogP contribution in [0.3, 0.4) is 0 Å². The normalized spacial score (nSPS) is 10.3. The maximum absolute atomic E-state index is 11.8. The summed E-state index contributed by atoms with van der Waals surface area (Å²) in [6.45, 7) is 0.546. The Morgan fingerprint density at radius 1 is 1.10 bits per heavy atom. The fourth-order valence-corrected chi connectivity index (χ4v) is 2.22. The number of rotatable bonds is 8. The molecule has 0 aliphatic heterocycles. The number of carboxylic acids is 1. The molecule has 0 fully saturated rings. The van der Waals surface area contributed by atoms with Gasteiger partial charge in [-0.25, -0.2) is 0 Å². The summed E-state index contributed by atoms with van der Waals surface area (Å²) in [6.07, 6.45) is 3.43. The van der Waals surface area contributed by atoms with Gasteiger partial charge < -0.3 is 10.4 Å². The molecule has 0 aliphatic carbocycles. The van der Waals surface area contributed by atoms with E-state index in [-0.39, 0.29) is 12.3 Å². The van der Waals surface area contributed by atoms with Crippen molar-refractivity contribution >= 4 is 35.1 Å². The minimum absolute atomic E-state index is 0.201. The standard InChI is InChI=1S/C14H17Cl2NO3/c15-10-6-7-11(12(16)9-10)14(20)17-8-4-2-1-3-5-13(18)19/h6-7,9H,1-5,8H2,(H,17,20)(H,18,19). The Bertz CT molecular complexity index is 477. The minimum Gasteiger partial charge on any atom is -0.481 e. The Balaban J connectivity index is 2.22. The number of carboxylic acid groups (broad SMARTS) is 1. The maximum atomic E-state index is 11.8. The molecule has 1 aromatic carbocycles. The molecule has 1 aromatic rings. The molecule has 0 radical (unpaired) electrons. The first kappa shape index (κ1) is 16.8. The van der Waals surface area contributed by atoms with Crippen LogP contribution in [0.5, 0.6) is 0 Å². The van der Waals surface area contributed by atoms with Gasteiger partial charge in [0.05, 0.1) is 10.6 Å². The van der Waals surface area contributed by atoms with Crippen LogP contribution in [0.4, 0.5) is 0 Å². The lowest BCUT2D eigenvalue weighted by atomic mass is 10.1. The molecule has 2 N–H and O–H groups in total. The third kappa shape index (κ3) is 6.26. The van der Waals surface area contributed by atoms with Gasteiger partial charge in [0.25, 0.3) is 5.91 Å². The van der Waals surface area contributed by atoms with Crippen molar-refractivity contribution in [1.82, 2.24) is 5.32 Å². The van der Waals surface area contributed by atoms with Crippen molar-refractivity contribution in [3.05, 3.63) is 33.8 Å². The highest BCUT2D eigenvalue weighted by molar-refractivity contribution is 6.36. The Hall–Kier alpha value is -1.26. The molecule has 20 heavy (non-hydrogen) atoms. The van der Waals surface area contributed by atoms with E-state index < -0.39 is 5.97 Å². The largest absolute Gasteiger partial charge is 0.481 e. The van der Waals surface area contributed by atoms with E-state index in [9.17, 15) is 9.59 Å². The third-order valence-corrected chi connectivity index (χ3v) is 3.33. The van der Waals surface area contributed by atoms with E-state index in [0.717, 1.165) is 19.3 Å². The average Bonchev–Trinajstić information content (AvgIpc) is 2.37. The van der Waals surface area contributed by atoms with Crippen molar-refractivity contribution in [1.29, 1.82) is 0 Å². The molecule has 0 spiro atoms. The minimum atomic E-state index is -0.768. The van der Waals surface area contributed by atoms with Crippen LogP contribution in [0.1, 0.15) is 42.5 Å². The molecule has 0 heterocycles. The lowest BCUT2D eigenvalue weighted by molar-refractivity contribution is -0.137. The maximum Gasteiger partial charge on any atom is 0.303 e. The van der Waals surface area contributed by atoms with Gasteiger partial charge in [-0.05, 0) is 31.0 Å². The molecular formula is C14H17Cl2NO3. The molecule has 110 valence electrons. The van der Waals surface area contributed by atoms with Crippen molar-refractivity contribution in [2.24, 2.45) is 0 Å². The van der Waals surface area contributed by atoms with Gasteiger partial charge >= 0.3 is 5.97 Å². The molecule has 0 saturated carbocycles. The molecule has 6 heteroatoms. The fraction of sp³-hybridized carbons (Fsp3) is 0.429. The average molecular weight is 318 g/mol. The van der Waals surface area contributed by atoms with Crippen LogP contribution in [-0.2, 0) is 4.79 Å². The van der Waals surface area contributed by atoms with E-state index in [1.165, 1.54) is 6.07 Å². The number of aliphatic carboxylic acids is 1. The SMILES string of the molecule is O=C(O)CCCCCCNC(=O)c1ccc(Cl)cc1Cl. The number of unbranched alkanes of at least 4 members (excludes halogenated alkanes) is 3. The summed E-state index contributed by atoms with van der Waals surface area (Å²) in [6, 6.07) is 4.74. The highest BCUT2D eigenvalue weighted by Crippen LogP contribution is 2.20. The number of amides is 1. The van der Waals surface area contributed by atoms with Gasteiger partial charge in [-0.3, -0.25) is 9.59 Å². The van der Waals surface area contributed by atoms with Crippen LogP contribution >= 0.6 is 23.2 Å². The van der Waals surface area contributed by atoms with Gasteiger partial charge in [0.1, 0.15) is 0 Å². The number of hydrogen-bond donors (Lipinski definition) is 2. The van der Waals surface area contributed by atoms with Crippen LogP contribution < -0.4 is 5.32 Å². The monoisotopic (exact) mass is 317 g/mol. The summed E-state index contributed by atoms with van der Waals surface area (Å²) in [5.41, 5.74) is 0.405. The van der Waals surface area contributed by atoms with Crippen molar-refractivity contribution in [3.63, 3.8) is 0 Å². The molecule has 1 amide bonds. The zero-order chi connectivity index (χ0) is 15.0. The summed E-state index contributed by atoms with van der Waals surface area (Å²) in [5, 5.41) is 12.1. The molecule has 1 rings (SSSR count). The third-order valence-electron chi connectivity index (χ3n) is 2.78. The van der Waals surface area contributed by atoms with Gasteiger partial charge in [0, 0.05) is 18.0 Å². The van der Waals surface area contributed by atoms with Gasteiger partial charge in [0.15, 0.2) is 0 Å².